The highest BCUT2D eigenvalue weighted by Crippen LogP contribution is 2.36. The Kier molecular flexibility index (Phi) is 2.59. The third kappa shape index (κ3) is 1.98. The molecule has 0 spiro atoms. The largest absolute Gasteiger partial charge is 0.352 e. The van der Waals surface area contributed by atoms with Crippen molar-refractivity contribution >= 4 is 5.91 Å². The Bertz CT molecular complexity index is 277. The summed E-state index contributed by atoms with van der Waals surface area (Å²) in [4.78, 5) is 11.6. The van der Waals surface area contributed by atoms with Crippen LogP contribution in [0, 0.1) is 11.8 Å². The van der Waals surface area contributed by atoms with Crippen LogP contribution < -0.4 is 10.6 Å². The number of rotatable bonds is 3. The maximum atomic E-state index is 11.6. The summed E-state index contributed by atoms with van der Waals surface area (Å²) in [6.07, 6.45) is 1.28. The third-order valence-corrected chi connectivity index (χ3v) is 3.35. The Balaban J connectivity index is 1.77. The molecule has 2 rings (SSSR count). The fraction of sp³-hybridized carbons (Fsp3) is 0.727. The van der Waals surface area contributed by atoms with E-state index in [1.165, 1.54) is 12.0 Å². The van der Waals surface area contributed by atoms with Gasteiger partial charge in [0.05, 0.1) is 0 Å². The Morgan fingerprint density at radius 2 is 2.21 bits per heavy atom. The molecule has 78 valence electrons. The lowest BCUT2D eigenvalue weighted by Gasteiger charge is -2.21. The van der Waals surface area contributed by atoms with Crippen molar-refractivity contribution in [2.24, 2.45) is 11.8 Å². The highest BCUT2D eigenvalue weighted by molar-refractivity contribution is 5.93. The van der Waals surface area contributed by atoms with E-state index in [4.69, 9.17) is 0 Å². The van der Waals surface area contributed by atoms with Crippen LogP contribution in [0.2, 0.25) is 0 Å². The maximum absolute atomic E-state index is 11.6. The van der Waals surface area contributed by atoms with Gasteiger partial charge < -0.3 is 10.6 Å². The van der Waals surface area contributed by atoms with Crippen molar-refractivity contribution in [1.82, 2.24) is 10.6 Å². The summed E-state index contributed by atoms with van der Waals surface area (Å²) in [5, 5.41) is 6.14. The van der Waals surface area contributed by atoms with E-state index in [9.17, 15) is 4.79 Å². The van der Waals surface area contributed by atoms with E-state index in [0.29, 0.717) is 0 Å². The van der Waals surface area contributed by atoms with E-state index in [1.807, 2.05) is 6.92 Å². The molecule has 14 heavy (non-hydrogen) atoms. The molecule has 1 saturated heterocycles. The minimum absolute atomic E-state index is 0.126. The summed E-state index contributed by atoms with van der Waals surface area (Å²) in [6.45, 7) is 6.79. The lowest BCUT2D eigenvalue weighted by molar-refractivity contribution is -0.117. The minimum Gasteiger partial charge on any atom is -0.352 e. The van der Waals surface area contributed by atoms with Gasteiger partial charge in [0.2, 0.25) is 5.91 Å². The molecule has 0 aromatic heterocycles. The Morgan fingerprint density at radius 3 is 2.64 bits per heavy atom. The SMILES string of the molecule is CC(C(=O)NCC1CC1C)=C1CNC1. The van der Waals surface area contributed by atoms with Crippen LogP contribution in [0.25, 0.3) is 0 Å². The monoisotopic (exact) mass is 194 g/mol. The Morgan fingerprint density at radius 1 is 1.57 bits per heavy atom. The average molecular weight is 194 g/mol. The van der Waals surface area contributed by atoms with Gasteiger partial charge in [0.25, 0.3) is 0 Å². The molecule has 2 atom stereocenters. The quantitative estimate of drug-likeness (QED) is 0.649. The van der Waals surface area contributed by atoms with Crippen LogP contribution in [0.5, 0.6) is 0 Å². The van der Waals surface area contributed by atoms with E-state index < -0.39 is 0 Å². The fourth-order valence-electron chi connectivity index (χ4n) is 1.72. The lowest BCUT2D eigenvalue weighted by Crippen LogP contribution is -2.38. The van der Waals surface area contributed by atoms with Gasteiger partial charge in [0.15, 0.2) is 0 Å². The summed E-state index contributed by atoms with van der Waals surface area (Å²) < 4.78 is 0. The standard InChI is InChI=1S/C11H18N2O/c1-7-3-9(7)6-13-11(14)8(2)10-4-12-5-10/h7,9,12H,3-6H2,1-2H3,(H,13,14). The first-order chi connectivity index (χ1) is 6.68. The second-order valence-corrected chi connectivity index (χ2v) is 4.52. The number of hydrogen-bond donors (Lipinski definition) is 2. The van der Waals surface area contributed by atoms with Crippen LogP contribution in [-0.2, 0) is 4.79 Å². The van der Waals surface area contributed by atoms with Crippen LogP contribution in [0.4, 0.5) is 0 Å². The second kappa shape index (κ2) is 3.73. The van der Waals surface area contributed by atoms with Gasteiger partial charge in [-0.15, -0.1) is 0 Å². The van der Waals surface area contributed by atoms with Crippen LogP contribution in [0.1, 0.15) is 20.3 Å². The molecule has 0 aromatic rings. The molecule has 2 N–H and O–H groups in total. The first kappa shape index (κ1) is 9.71. The van der Waals surface area contributed by atoms with Crippen molar-refractivity contribution in [3.05, 3.63) is 11.1 Å². The minimum atomic E-state index is 0.126. The van der Waals surface area contributed by atoms with Crippen LogP contribution in [0.15, 0.2) is 11.1 Å². The smallest absolute Gasteiger partial charge is 0.246 e. The molecule has 0 bridgehead atoms. The van der Waals surface area contributed by atoms with Gasteiger partial charge >= 0.3 is 0 Å². The number of nitrogens with one attached hydrogen (secondary N) is 2. The van der Waals surface area contributed by atoms with E-state index in [-0.39, 0.29) is 5.91 Å². The number of carbonyl (C=O) groups is 1. The Hall–Kier alpha value is -0.830. The molecule has 2 aliphatic rings. The molecular weight excluding hydrogens is 176 g/mol. The van der Waals surface area contributed by atoms with Gasteiger partial charge in [-0.05, 0) is 30.8 Å². The second-order valence-electron chi connectivity index (χ2n) is 4.52. The van der Waals surface area contributed by atoms with Gasteiger partial charge in [-0.25, -0.2) is 0 Å². The first-order valence-corrected chi connectivity index (χ1v) is 5.36. The molecule has 3 heteroatoms. The average Bonchev–Trinajstić information content (AvgIpc) is 2.74. The van der Waals surface area contributed by atoms with Crippen molar-refractivity contribution in [1.29, 1.82) is 0 Å². The van der Waals surface area contributed by atoms with E-state index in [1.54, 1.807) is 0 Å². The third-order valence-electron chi connectivity index (χ3n) is 3.35. The predicted octanol–water partition coefficient (Wildman–Crippen LogP) is 0.678. The fourth-order valence-corrected chi connectivity index (χ4v) is 1.72. The lowest BCUT2D eigenvalue weighted by atomic mass is 10.0. The van der Waals surface area contributed by atoms with Gasteiger partial charge in [-0.3, -0.25) is 4.79 Å². The van der Waals surface area contributed by atoms with E-state index >= 15 is 0 Å². The van der Waals surface area contributed by atoms with Crippen molar-refractivity contribution in [2.75, 3.05) is 19.6 Å². The highest BCUT2D eigenvalue weighted by Gasteiger charge is 2.32. The topological polar surface area (TPSA) is 41.1 Å². The number of carbonyl (C=O) groups excluding carboxylic acids is 1. The summed E-state index contributed by atoms with van der Waals surface area (Å²) in [6, 6.07) is 0. The zero-order chi connectivity index (χ0) is 10.1. The van der Waals surface area contributed by atoms with Gasteiger partial charge in [0.1, 0.15) is 0 Å². The molecular formula is C11H18N2O. The first-order valence-electron chi connectivity index (χ1n) is 5.36. The van der Waals surface area contributed by atoms with E-state index in [2.05, 4.69) is 17.6 Å². The molecule has 1 aliphatic heterocycles. The predicted molar refractivity (Wildman–Crippen MR) is 55.9 cm³/mol. The van der Waals surface area contributed by atoms with Gasteiger partial charge in [-0.1, -0.05) is 6.92 Å². The van der Waals surface area contributed by atoms with Crippen LogP contribution in [-0.4, -0.2) is 25.5 Å². The summed E-state index contributed by atoms with van der Waals surface area (Å²) in [5.74, 6) is 1.67. The van der Waals surface area contributed by atoms with Crippen molar-refractivity contribution < 1.29 is 4.79 Å². The number of amides is 1. The van der Waals surface area contributed by atoms with Gasteiger partial charge in [-0.2, -0.15) is 0 Å². The molecule has 1 saturated carbocycles. The summed E-state index contributed by atoms with van der Waals surface area (Å²) in [5.41, 5.74) is 2.17. The molecule has 1 heterocycles. The molecule has 3 nitrogen and oxygen atoms in total. The van der Waals surface area contributed by atoms with Crippen molar-refractivity contribution in [3.8, 4) is 0 Å². The van der Waals surface area contributed by atoms with Gasteiger partial charge in [0, 0.05) is 25.2 Å². The van der Waals surface area contributed by atoms with Crippen molar-refractivity contribution in [2.45, 2.75) is 20.3 Å². The van der Waals surface area contributed by atoms with E-state index in [0.717, 1.165) is 37.0 Å². The maximum Gasteiger partial charge on any atom is 0.246 e. The molecule has 0 aromatic carbocycles. The number of hydrogen-bond acceptors (Lipinski definition) is 2. The molecule has 1 aliphatic carbocycles. The zero-order valence-electron chi connectivity index (χ0n) is 8.89. The Labute approximate surface area is 84.9 Å². The van der Waals surface area contributed by atoms with Crippen molar-refractivity contribution in [3.63, 3.8) is 0 Å². The molecule has 2 fully saturated rings. The normalized spacial score (nSPS) is 29.4. The van der Waals surface area contributed by atoms with Crippen LogP contribution in [0.3, 0.4) is 0 Å². The zero-order valence-corrected chi connectivity index (χ0v) is 8.89. The molecule has 0 radical (unpaired) electrons. The highest BCUT2D eigenvalue weighted by atomic mass is 16.1. The summed E-state index contributed by atoms with van der Waals surface area (Å²) in [7, 11) is 0. The van der Waals surface area contributed by atoms with Crippen LogP contribution >= 0.6 is 0 Å². The summed E-state index contributed by atoms with van der Waals surface area (Å²) >= 11 is 0. The molecule has 1 amide bonds. The molecule has 2 unspecified atom stereocenters.